The molecular formula is C13H8ClN3O2. The Morgan fingerprint density at radius 1 is 1.26 bits per heavy atom. The third-order valence-corrected chi connectivity index (χ3v) is 2.94. The predicted octanol–water partition coefficient (Wildman–Crippen LogP) is 2.99. The van der Waals surface area contributed by atoms with Crippen molar-refractivity contribution < 1.29 is 9.21 Å². The molecule has 0 unspecified atom stereocenters. The summed E-state index contributed by atoms with van der Waals surface area (Å²) < 4.78 is 6.92. The number of carbonyl (C=O) groups is 1. The molecule has 19 heavy (non-hydrogen) atoms. The van der Waals surface area contributed by atoms with Crippen LogP contribution in [0.3, 0.4) is 0 Å². The summed E-state index contributed by atoms with van der Waals surface area (Å²) in [6, 6.07) is 8.75. The molecule has 0 aliphatic rings. The normalized spacial score (nSPS) is 10.6. The topological polar surface area (TPSA) is 60.9 Å². The second-order valence-corrected chi connectivity index (χ2v) is 4.23. The van der Waals surface area contributed by atoms with Crippen molar-refractivity contribution in [2.24, 2.45) is 0 Å². The molecule has 0 bridgehead atoms. The van der Waals surface area contributed by atoms with Crippen LogP contribution < -0.4 is 0 Å². The van der Waals surface area contributed by atoms with Crippen LogP contribution in [0.5, 0.6) is 0 Å². The molecule has 3 aromatic rings. The van der Waals surface area contributed by atoms with Gasteiger partial charge in [-0.25, -0.2) is 9.67 Å². The number of furan rings is 1. The van der Waals surface area contributed by atoms with Crippen molar-refractivity contribution in [2.75, 3.05) is 0 Å². The van der Waals surface area contributed by atoms with Gasteiger partial charge in [0.05, 0.1) is 10.7 Å². The first-order valence-electron chi connectivity index (χ1n) is 5.48. The molecular weight excluding hydrogens is 266 g/mol. The first-order chi connectivity index (χ1) is 9.28. The molecule has 2 aromatic heterocycles. The van der Waals surface area contributed by atoms with Crippen LogP contribution in [-0.4, -0.2) is 21.1 Å². The smallest absolute Gasteiger partial charge is 0.185 e. The number of rotatable bonds is 3. The monoisotopic (exact) mass is 273 g/mol. The lowest BCUT2D eigenvalue weighted by molar-refractivity contribution is 0.110. The lowest BCUT2D eigenvalue weighted by Gasteiger charge is -2.05. The van der Waals surface area contributed by atoms with Gasteiger partial charge in [0.15, 0.2) is 12.0 Å². The number of nitrogens with zero attached hydrogens (tertiary/aromatic N) is 3. The van der Waals surface area contributed by atoms with Crippen molar-refractivity contribution in [1.29, 1.82) is 0 Å². The quantitative estimate of drug-likeness (QED) is 0.688. The average molecular weight is 274 g/mol. The Bertz CT molecular complexity index is 719. The fourth-order valence-electron chi connectivity index (χ4n) is 1.75. The van der Waals surface area contributed by atoms with Crippen molar-refractivity contribution in [3.05, 3.63) is 53.8 Å². The van der Waals surface area contributed by atoms with E-state index >= 15 is 0 Å². The van der Waals surface area contributed by atoms with E-state index in [1.54, 1.807) is 29.2 Å². The Labute approximate surface area is 113 Å². The van der Waals surface area contributed by atoms with Gasteiger partial charge in [-0.3, -0.25) is 4.79 Å². The summed E-state index contributed by atoms with van der Waals surface area (Å²) in [7, 11) is 0. The highest BCUT2D eigenvalue weighted by atomic mass is 35.5. The van der Waals surface area contributed by atoms with Crippen LogP contribution in [0.25, 0.3) is 17.0 Å². The lowest BCUT2D eigenvalue weighted by atomic mass is 10.1. The van der Waals surface area contributed by atoms with Crippen LogP contribution in [-0.2, 0) is 0 Å². The van der Waals surface area contributed by atoms with E-state index in [1.165, 1.54) is 6.33 Å². The summed E-state index contributed by atoms with van der Waals surface area (Å²) in [5, 5.41) is 4.54. The van der Waals surface area contributed by atoms with Gasteiger partial charge >= 0.3 is 0 Å². The summed E-state index contributed by atoms with van der Waals surface area (Å²) in [6.07, 6.45) is 3.67. The van der Waals surface area contributed by atoms with Gasteiger partial charge in [0, 0.05) is 5.56 Å². The molecule has 0 N–H and O–H groups in total. The Hall–Kier alpha value is -2.40. The lowest BCUT2D eigenvalue weighted by Crippen LogP contribution is -1.95. The highest BCUT2D eigenvalue weighted by Gasteiger charge is 2.09. The third-order valence-electron chi connectivity index (χ3n) is 2.64. The molecule has 6 heteroatoms. The minimum absolute atomic E-state index is 0.284. The van der Waals surface area contributed by atoms with Crippen molar-refractivity contribution in [1.82, 2.24) is 14.8 Å². The molecule has 94 valence electrons. The Kier molecular flexibility index (Phi) is 2.89. The van der Waals surface area contributed by atoms with Crippen LogP contribution >= 0.6 is 11.6 Å². The molecule has 2 heterocycles. The number of halogens is 1. The average Bonchev–Trinajstić information content (AvgIpc) is 3.10. The van der Waals surface area contributed by atoms with E-state index in [2.05, 4.69) is 10.1 Å². The van der Waals surface area contributed by atoms with Gasteiger partial charge in [-0.05, 0) is 30.3 Å². The van der Waals surface area contributed by atoms with E-state index < -0.39 is 0 Å². The number of benzene rings is 1. The van der Waals surface area contributed by atoms with Crippen molar-refractivity contribution >= 4 is 17.9 Å². The minimum Gasteiger partial charge on any atom is -0.453 e. The molecule has 0 spiro atoms. The van der Waals surface area contributed by atoms with E-state index in [0.717, 1.165) is 11.3 Å². The van der Waals surface area contributed by atoms with Crippen LogP contribution in [0.15, 0.2) is 47.4 Å². The van der Waals surface area contributed by atoms with Crippen molar-refractivity contribution in [2.45, 2.75) is 0 Å². The van der Waals surface area contributed by atoms with Gasteiger partial charge in [0.2, 0.25) is 0 Å². The first kappa shape index (κ1) is 11.7. The van der Waals surface area contributed by atoms with Gasteiger partial charge < -0.3 is 4.42 Å². The zero-order chi connectivity index (χ0) is 13.2. The molecule has 0 radical (unpaired) electrons. The SMILES string of the molecule is O=Cc1ccc(-c2ccc(-n3cncn3)c(Cl)c2)o1. The molecule has 0 aliphatic heterocycles. The zero-order valence-corrected chi connectivity index (χ0v) is 10.4. The number of aldehydes is 1. The van der Waals surface area contributed by atoms with E-state index in [0.29, 0.717) is 17.1 Å². The van der Waals surface area contributed by atoms with Crippen LogP contribution in [0.4, 0.5) is 0 Å². The Morgan fingerprint density at radius 2 is 2.16 bits per heavy atom. The molecule has 0 amide bonds. The molecule has 0 atom stereocenters. The predicted molar refractivity (Wildman–Crippen MR) is 69.5 cm³/mol. The Morgan fingerprint density at radius 3 is 2.79 bits per heavy atom. The fraction of sp³-hybridized carbons (Fsp3) is 0. The second-order valence-electron chi connectivity index (χ2n) is 3.83. The summed E-state index contributed by atoms with van der Waals surface area (Å²) >= 11 is 6.21. The van der Waals surface area contributed by atoms with Gasteiger partial charge in [0.25, 0.3) is 0 Å². The number of aromatic nitrogens is 3. The van der Waals surface area contributed by atoms with E-state index in [-0.39, 0.29) is 5.76 Å². The van der Waals surface area contributed by atoms with E-state index in [4.69, 9.17) is 16.0 Å². The summed E-state index contributed by atoms with van der Waals surface area (Å²) in [4.78, 5) is 14.5. The van der Waals surface area contributed by atoms with Crippen LogP contribution in [0.2, 0.25) is 5.02 Å². The highest BCUT2D eigenvalue weighted by Crippen LogP contribution is 2.28. The standard InChI is InChI=1S/C13H8ClN3O2/c14-11-5-9(13-4-2-10(6-18)19-13)1-3-12(11)17-8-15-7-16-17/h1-8H. The summed E-state index contributed by atoms with van der Waals surface area (Å²) in [6.45, 7) is 0. The number of hydrogen-bond acceptors (Lipinski definition) is 4. The van der Waals surface area contributed by atoms with Gasteiger partial charge in [-0.2, -0.15) is 5.10 Å². The molecule has 5 nitrogen and oxygen atoms in total. The van der Waals surface area contributed by atoms with Crippen molar-refractivity contribution in [3.8, 4) is 17.0 Å². The van der Waals surface area contributed by atoms with Gasteiger partial charge in [-0.15, -0.1) is 0 Å². The van der Waals surface area contributed by atoms with Crippen LogP contribution in [0.1, 0.15) is 10.6 Å². The van der Waals surface area contributed by atoms with E-state index in [1.807, 2.05) is 12.1 Å². The van der Waals surface area contributed by atoms with Gasteiger partial charge in [0.1, 0.15) is 18.4 Å². The molecule has 1 aromatic carbocycles. The fourth-order valence-corrected chi connectivity index (χ4v) is 2.02. The minimum atomic E-state index is 0.284. The largest absolute Gasteiger partial charge is 0.453 e. The Balaban J connectivity index is 2.01. The van der Waals surface area contributed by atoms with Crippen molar-refractivity contribution in [3.63, 3.8) is 0 Å². The first-order valence-corrected chi connectivity index (χ1v) is 5.85. The van der Waals surface area contributed by atoms with Gasteiger partial charge in [-0.1, -0.05) is 11.6 Å². The molecule has 0 aliphatic carbocycles. The molecule has 0 saturated heterocycles. The molecule has 3 rings (SSSR count). The maximum Gasteiger partial charge on any atom is 0.185 e. The van der Waals surface area contributed by atoms with Crippen LogP contribution in [0, 0.1) is 0 Å². The number of hydrogen-bond donors (Lipinski definition) is 0. The molecule has 0 saturated carbocycles. The summed E-state index contributed by atoms with van der Waals surface area (Å²) in [5.74, 6) is 0.876. The number of carbonyl (C=O) groups excluding carboxylic acids is 1. The van der Waals surface area contributed by atoms with E-state index in [9.17, 15) is 4.79 Å². The zero-order valence-electron chi connectivity index (χ0n) is 9.65. The second kappa shape index (κ2) is 4.70. The maximum absolute atomic E-state index is 10.6. The summed E-state index contributed by atoms with van der Waals surface area (Å²) in [5.41, 5.74) is 1.52. The third kappa shape index (κ3) is 2.15. The molecule has 0 fully saturated rings. The maximum atomic E-state index is 10.6. The highest BCUT2D eigenvalue weighted by molar-refractivity contribution is 6.32.